The number of aliphatic carboxylic acids is 3. The first-order valence-corrected chi connectivity index (χ1v) is 14.5. The molecule has 3 N–H and O–H groups in total. The number of benzene rings is 1. The lowest BCUT2D eigenvalue weighted by Gasteiger charge is -2.25. The Balaban J connectivity index is 2.46. The van der Waals surface area contributed by atoms with Crippen LogP contribution < -0.4 is 4.74 Å². The number of hydrogen-bond acceptors (Lipinski definition) is 11. The highest BCUT2D eigenvalue weighted by Gasteiger charge is 2.23. The van der Waals surface area contributed by atoms with Crippen LogP contribution in [-0.2, 0) is 46.5 Å². The molecule has 0 bridgehead atoms. The fourth-order valence-corrected chi connectivity index (χ4v) is 4.10. The number of aromatic nitrogens is 1. The summed E-state index contributed by atoms with van der Waals surface area (Å²) in [5, 5.41) is 27.8. The van der Waals surface area contributed by atoms with Gasteiger partial charge in [0, 0.05) is 24.2 Å². The van der Waals surface area contributed by atoms with Crippen molar-refractivity contribution in [3.8, 4) is 17.6 Å². The van der Waals surface area contributed by atoms with Gasteiger partial charge in [0.25, 0.3) is 0 Å². The minimum absolute atomic E-state index is 0.0886. The van der Waals surface area contributed by atoms with Gasteiger partial charge in [-0.05, 0) is 77.9 Å². The zero-order valence-corrected chi connectivity index (χ0v) is 27.4. The standard InChI is InChI=1S/C33H41N3O11/c1-32(2,3)46-30(43)19-35(17-27(37)38)15-24-13-23(8-7-22-9-11-26(12-10-22)45-21-29(41)42)14-25(34-24)16-36(18-28(39)40)20-31(44)47-33(4,5)6/h9-14H,15-21H2,1-6H3,(H,37,38)(H,39,40)(H,41,42). The Kier molecular flexibility index (Phi) is 13.9. The van der Waals surface area contributed by atoms with E-state index in [2.05, 4.69) is 16.8 Å². The number of carbonyl (C=O) groups excluding carboxylic acids is 2. The summed E-state index contributed by atoms with van der Waals surface area (Å²) in [6.45, 7) is 7.83. The van der Waals surface area contributed by atoms with Gasteiger partial charge in [-0.2, -0.15) is 0 Å². The summed E-state index contributed by atoms with van der Waals surface area (Å²) in [5.74, 6) is 1.61. The van der Waals surface area contributed by atoms with Crippen molar-refractivity contribution in [1.29, 1.82) is 0 Å². The van der Waals surface area contributed by atoms with Crippen LogP contribution in [0.1, 0.15) is 64.1 Å². The number of hydrogen-bond donors (Lipinski definition) is 3. The first-order valence-electron chi connectivity index (χ1n) is 14.5. The largest absolute Gasteiger partial charge is 0.482 e. The van der Waals surface area contributed by atoms with Gasteiger partial charge in [0.05, 0.1) is 37.6 Å². The molecule has 0 amide bonds. The summed E-state index contributed by atoms with van der Waals surface area (Å²) in [4.78, 5) is 66.3. The van der Waals surface area contributed by atoms with E-state index in [0.717, 1.165) is 0 Å². The molecule has 0 unspecified atom stereocenters. The first kappa shape index (κ1) is 38.2. The molecule has 0 saturated heterocycles. The van der Waals surface area contributed by atoms with E-state index in [-0.39, 0.29) is 26.2 Å². The maximum Gasteiger partial charge on any atom is 0.341 e. The van der Waals surface area contributed by atoms with Crippen molar-refractivity contribution in [3.05, 3.63) is 58.9 Å². The van der Waals surface area contributed by atoms with Crippen LogP contribution in [0.15, 0.2) is 36.4 Å². The van der Waals surface area contributed by atoms with Crippen LogP contribution in [0.5, 0.6) is 5.75 Å². The van der Waals surface area contributed by atoms with Gasteiger partial charge in [0.2, 0.25) is 0 Å². The highest BCUT2D eigenvalue weighted by molar-refractivity contribution is 5.75. The van der Waals surface area contributed by atoms with Gasteiger partial charge in [0.15, 0.2) is 6.61 Å². The van der Waals surface area contributed by atoms with E-state index in [1.165, 1.54) is 9.80 Å². The van der Waals surface area contributed by atoms with E-state index in [9.17, 15) is 34.2 Å². The molecule has 0 radical (unpaired) electrons. The maximum atomic E-state index is 12.5. The fraction of sp³-hybridized carbons (Fsp3) is 0.455. The van der Waals surface area contributed by atoms with E-state index in [1.807, 2.05) is 0 Å². The average molecular weight is 656 g/mol. The minimum atomic E-state index is -1.18. The number of rotatable bonds is 15. The summed E-state index contributed by atoms with van der Waals surface area (Å²) in [6, 6.07) is 9.63. The molecule has 0 atom stereocenters. The van der Waals surface area contributed by atoms with Crippen LogP contribution in [0.3, 0.4) is 0 Å². The molecule has 0 fully saturated rings. The highest BCUT2D eigenvalue weighted by atomic mass is 16.6. The van der Waals surface area contributed by atoms with E-state index >= 15 is 0 Å². The van der Waals surface area contributed by atoms with Crippen LogP contribution in [-0.4, -0.2) is 104 Å². The topological polar surface area (TPSA) is 193 Å². The number of carbonyl (C=O) groups is 5. The van der Waals surface area contributed by atoms with Gasteiger partial charge in [-0.1, -0.05) is 11.8 Å². The Labute approximate surface area is 273 Å². The summed E-state index contributed by atoms with van der Waals surface area (Å²) >= 11 is 0. The molecule has 2 aromatic rings. The fourth-order valence-electron chi connectivity index (χ4n) is 4.10. The Hall–Kier alpha value is -5.00. The second kappa shape index (κ2) is 17.1. The van der Waals surface area contributed by atoms with E-state index in [0.29, 0.717) is 28.3 Å². The molecule has 14 nitrogen and oxygen atoms in total. The van der Waals surface area contributed by atoms with Gasteiger partial charge in [0.1, 0.15) is 17.0 Å². The van der Waals surface area contributed by atoms with Crippen molar-refractivity contribution in [2.45, 2.75) is 65.8 Å². The number of carboxylic acids is 3. The Bertz CT molecular complexity index is 1430. The Morgan fingerprint density at radius 2 is 1.09 bits per heavy atom. The van der Waals surface area contributed by atoms with Crippen LogP contribution in [0.25, 0.3) is 0 Å². The van der Waals surface area contributed by atoms with Gasteiger partial charge in [-0.3, -0.25) is 34.0 Å². The van der Waals surface area contributed by atoms with Crippen molar-refractivity contribution in [2.24, 2.45) is 0 Å². The summed E-state index contributed by atoms with van der Waals surface area (Å²) in [6.07, 6.45) is 0. The number of carboxylic acid groups (broad SMARTS) is 3. The van der Waals surface area contributed by atoms with Crippen LogP contribution in [0.2, 0.25) is 0 Å². The zero-order valence-electron chi connectivity index (χ0n) is 27.4. The summed E-state index contributed by atoms with van der Waals surface area (Å²) in [7, 11) is 0. The van der Waals surface area contributed by atoms with Crippen molar-refractivity contribution >= 4 is 29.8 Å². The zero-order chi connectivity index (χ0) is 35.4. The van der Waals surface area contributed by atoms with Crippen LogP contribution in [0, 0.1) is 11.8 Å². The van der Waals surface area contributed by atoms with E-state index in [4.69, 9.17) is 19.3 Å². The van der Waals surface area contributed by atoms with Crippen molar-refractivity contribution in [3.63, 3.8) is 0 Å². The lowest BCUT2D eigenvalue weighted by molar-refractivity contribution is -0.158. The third kappa shape index (κ3) is 16.8. The Morgan fingerprint density at radius 3 is 1.47 bits per heavy atom. The van der Waals surface area contributed by atoms with Crippen molar-refractivity contribution in [1.82, 2.24) is 14.8 Å². The van der Waals surface area contributed by atoms with Gasteiger partial charge in [-0.15, -0.1) is 0 Å². The normalized spacial score (nSPS) is 11.4. The smallest absolute Gasteiger partial charge is 0.341 e. The third-order valence-corrected chi connectivity index (χ3v) is 5.53. The van der Waals surface area contributed by atoms with Crippen LogP contribution >= 0.6 is 0 Å². The van der Waals surface area contributed by atoms with Crippen LogP contribution in [0.4, 0.5) is 0 Å². The van der Waals surface area contributed by atoms with Crippen molar-refractivity contribution < 1.29 is 53.5 Å². The highest BCUT2D eigenvalue weighted by Crippen LogP contribution is 2.15. The summed E-state index contributed by atoms with van der Waals surface area (Å²) < 4.78 is 15.9. The molecule has 14 heteroatoms. The van der Waals surface area contributed by atoms with E-state index < -0.39 is 60.7 Å². The monoisotopic (exact) mass is 655 g/mol. The first-order chi connectivity index (χ1) is 21.8. The molecule has 0 aliphatic heterocycles. The predicted molar refractivity (Wildman–Crippen MR) is 167 cm³/mol. The summed E-state index contributed by atoms with van der Waals surface area (Å²) in [5.41, 5.74) is 0.117. The quantitative estimate of drug-likeness (QED) is 0.187. The number of nitrogens with zero attached hydrogens (tertiary/aromatic N) is 3. The lowest BCUT2D eigenvalue weighted by Crippen LogP contribution is -2.38. The molecule has 1 aromatic heterocycles. The van der Waals surface area contributed by atoms with Gasteiger partial charge < -0.3 is 29.5 Å². The maximum absolute atomic E-state index is 12.5. The molecule has 47 heavy (non-hydrogen) atoms. The lowest BCUT2D eigenvalue weighted by atomic mass is 10.1. The molecule has 1 aromatic carbocycles. The predicted octanol–water partition coefficient (Wildman–Crippen LogP) is 2.40. The molecule has 0 aliphatic rings. The molecular weight excluding hydrogens is 614 g/mol. The van der Waals surface area contributed by atoms with Crippen molar-refractivity contribution in [2.75, 3.05) is 32.8 Å². The SMILES string of the molecule is CC(C)(C)OC(=O)CN(CC(=O)O)Cc1cc(C#Cc2ccc(OCC(=O)O)cc2)cc(CN(CC(=O)O)CC(=O)OC(C)(C)C)n1. The molecule has 254 valence electrons. The van der Waals surface area contributed by atoms with E-state index in [1.54, 1.807) is 77.9 Å². The second-order valence-corrected chi connectivity index (χ2v) is 12.5. The third-order valence-electron chi connectivity index (χ3n) is 5.53. The minimum Gasteiger partial charge on any atom is -0.482 e. The average Bonchev–Trinajstić information content (AvgIpc) is 2.88. The molecule has 0 aliphatic carbocycles. The molecular formula is C33H41N3O11. The number of pyridine rings is 1. The molecule has 0 spiro atoms. The van der Waals surface area contributed by atoms with Gasteiger partial charge >= 0.3 is 29.8 Å². The number of esters is 2. The van der Waals surface area contributed by atoms with Gasteiger partial charge in [-0.25, -0.2) is 4.79 Å². The second-order valence-electron chi connectivity index (χ2n) is 12.5. The molecule has 2 rings (SSSR count). The molecule has 1 heterocycles. The Morgan fingerprint density at radius 1 is 0.660 bits per heavy atom. The molecule has 0 saturated carbocycles. The number of ether oxygens (including phenoxy) is 3.